The number of morpholine rings is 1. The highest BCUT2D eigenvalue weighted by molar-refractivity contribution is 6.43. The highest BCUT2D eigenvalue weighted by Gasteiger charge is 2.12. The Morgan fingerprint density at radius 1 is 1.15 bits per heavy atom. The van der Waals surface area contributed by atoms with Crippen molar-refractivity contribution in [3.8, 4) is 5.75 Å². The van der Waals surface area contributed by atoms with Crippen molar-refractivity contribution < 1.29 is 14.3 Å². The van der Waals surface area contributed by atoms with Gasteiger partial charge in [0.05, 0.1) is 28.3 Å². The maximum Gasteiger partial charge on any atom is 0.258 e. The predicted octanol–water partition coefficient (Wildman–Crippen LogP) is 3.57. The van der Waals surface area contributed by atoms with Crippen molar-refractivity contribution in [1.29, 1.82) is 0 Å². The lowest BCUT2D eigenvalue weighted by Crippen LogP contribution is -2.36. The molecule has 0 aliphatic carbocycles. The Morgan fingerprint density at radius 3 is 2.59 bits per heavy atom. The summed E-state index contributed by atoms with van der Waals surface area (Å²) in [6, 6.07) is 6.84. The zero-order chi connectivity index (χ0) is 19.2. The van der Waals surface area contributed by atoms with Gasteiger partial charge in [-0.15, -0.1) is 0 Å². The molecule has 27 heavy (non-hydrogen) atoms. The Balaban J connectivity index is 1.47. The number of amides is 1. The number of halogens is 3. The molecule has 1 aliphatic rings. The zero-order valence-electron chi connectivity index (χ0n) is 14.4. The summed E-state index contributed by atoms with van der Waals surface area (Å²) in [4.78, 5) is 18.6. The average Bonchev–Trinajstić information content (AvgIpc) is 2.69. The van der Waals surface area contributed by atoms with Crippen LogP contribution in [0.15, 0.2) is 30.5 Å². The first-order chi connectivity index (χ1) is 13.0. The first-order valence-corrected chi connectivity index (χ1v) is 9.48. The van der Waals surface area contributed by atoms with Crippen LogP contribution in [0.5, 0.6) is 5.75 Å². The number of nitrogens with zero attached hydrogens (tertiary/aromatic N) is 2. The number of aromatic nitrogens is 1. The molecule has 1 aromatic heterocycles. The summed E-state index contributed by atoms with van der Waals surface area (Å²) in [5.74, 6) is 0.929. The highest BCUT2D eigenvalue weighted by Crippen LogP contribution is 2.33. The second kappa shape index (κ2) is 9.46. The fourth-order valence-electron chi connectivity index (χ4n) is 2.51. The van der Waals surface area contributed by atoms with Gasteiger partial charge in [-0.05, 0) is 17.7 Å². The molecule has 2 aromatic rings. The van der Waals surface area contributed by atoms with E-state index < -0.39 is 0 Å². The number of ether oxygens (including phenoxy) is 2. The van der Waals surface area contributed by atoms with E-state index in [1.165, 1.54) is 12.1 Å². The van der Waals surface area contributed by atoms with Gasteiger partial charge in [0.25, 0.3) is 5.91 Å². The van der Waals surface area contributed by atoms with Gasteiger partial charge in [0, 0.05) is 31.9 Å². The fourth-order valence-corrected chi connectivity index (χ4v) is 3.10. The average molecular weight is 431 g/mol. The molecule has 0 radical (unpaired) electrons. The lowest BCUT2D eigenvalue weighted by atomic mass is 10.2. The summed E-state index contributed by atoms with van der Waals surface area (Å²) in [7, 11) is 0. The van der Waals surface area contributed by atoms with Crippen LogP contribution >= 0.6 is 34.8 Å². The molecule has 1 fully saturated rings. The minimum absolute atomic E-state index is 0.184. The molecule has 0 spiro atoms. The van der Waals surface area contributed by atoms with Crippen LogP contribution in [-0.2, 0) is 16.1 Å². The van der Waals surface area contributed by atoms with Gasteiger partial charge in [-0.3, -0.25) is 4.79 Å². The molecule has 6 nitrogen and oxygen atoms in total. The molecule has 0 unspecified atom stereocenters. The van der Waals surface area contributed by atoms with E-state index in [0.29, 0.717) is 40.6 Å². The second-order valence-electron chi connectivity index (χ2n) is 5.89. The van der Waals surface area contributed by atoms with Crippen molar-refractivity contribution in [1.82, 2.24) is 10.3 Å². The Labute approximate surface area is 172 Å². The standard InChI is InChI=1S/C18H18Cl3N3O3/c19-13-7-15(21)16(8-14(13)20)27-11-18(25)23-10-12-1-2-17(22-9-12)24-3-5-26-6-4-24/h1-2,7-9H,3-6,10-11H2,(H,23,25). The fraction of sp³-hybridized carbons (Fsp3) is 0.333. The van der Waals surface area contributed by atoms with Crippen LogP contribution in [0.2, 0.25) is 15.1 Å². The number of carbonyl (C=O) groups excluding carboxylic acids is 1. The maximum absolute atomic E-state index is 12.0. The molecule has 9 heteroatoms. The predicted molar refractivity (Wildman–Crippen MR) is 106 cm³/mol. The smallest absolute Gasteiger partial charge is 0.258 e. The lowest BCUT2D eigenvalue weighted by Gasteiger charge is -2.27. The summed E-state index contributed by atoms with van der Waals surface area (Å²) < 4.78 is 10.7. The zero-order valence-corrected chi connectivity index (χ0v) is 16.7. The van der Waals surface area contributed by atoms with Crippen LogP contribution in [-0.4, -0.2) is 43.8 Å². The second-order valence-corrected chi connectivity index (χ2v) is 7.11. The maximum atomic E-state index is 12.0. The molecule has 1 aliphatic heterocycles. The van der Waals surface area contributed by atoms with Crippen molar-refractivity contribution in [2.45, 2.75) is 6.54 Å². The SMILES string of the molecule is O=C(COc1cc(Cl)c(Cl)cc1Cl)NCc1ccc(N2CCOCC2)nc1. The van der Waals surface area contributed by atoms with Crippen LogP contribution < -0.4 is 15.0 Å². The van der Waals surface area contributed by atoms with E-state index in [9.17, 15) is 4.79 Å². The summed E-state index contributed by atoms with van der Waals surface area (Å²) >= 11 is 17.8. The highest BCUT2D eigenvalue weighted by atomic mass is 35.5. The summed E-state index contributed by atoms with van der Waals surface area (Å²) in [5.41, 5.74) is 0.896. The number of benzene rings is 1. The molecule has 0 bridgehead atoms. The van der Waals surface area contributed by atoms with Gasteiger partial charge in [-0.2, -0.15) is 0 Å². The van der Waals surface area contributed by atoms with Crippen LogP contribution in [0.3, 0.4) is 0 Å². The monoisotopic (exact) mass is 429 g/mol. The van der Waals surface area contributed by atoms with Crippen molar-refractivity contribution in [3.63, 3.8) is 0 Å². The first kappa shape index (κ1) is 20.0. The molecule has 1 N–H and O–H groups in total. The van der Waals surface area contributed by atoms with Gasteiger partial charge in [0.15, 0.2) is 6.61 Å². The molecule has 0 saturated carbocycles. The third-order valence-corrected chi connectivity index (χ3v) is 4.98. The molecule has 2 heterocycles. The molecule has 1 saturated heterocycles. The normalized spacial score (nSPS) is 14.1. The molecular weight excluding hydrogens is 413 g/mol. The van der Waals surface area contributed by atoms with E-state index in [4.69, 9.17) is 44.3 Å². The van der Waals surface area contributed by atoms with E-state index in [1.54, 1.807) is 6.20 Å². The van der Waals surface area contributed by atoms with Crippen LogP contribution in [0.1, 0.15) is 5.56 Å². The Kier molecular flexibility index (Phi) is 7.01. The molecular formula is C18H18Cl3N3O3. The van der Waals surface area contributed by atoms with Gasteiger partial charge < -0.3 is 19.7 Å². The van der Waals surface area contributed by atoms with E-state index >= 15 is 0 Å². The Hall–Kier alpha value is -1.73. The quantitative estimate of drug-likeness (QED) is 0.710. The Morgan fingerprint density at radius 2 is 1.89 bits per heavy atom. The van der Waals surface area contributed by atoms with Crippen LogP contribution in [0, 0.1) is 0 Å². The number of nitrogens with one attached hydrogen (secondary N) is 1. The summed E-state index contributed by atoms with van der Waals surface area (Å²) in [6.07, 6.45) is 1.75. The van der Waals surface area contributed by atoms with Crippen molar-refractivity contribution >= 4 is 46.5 Å². The molecule has 1 aromatic carbocycles. The number of hydrogen-bond donors (Lipinski definition) is 1. The Bertz CT molecular complexity index is 796. The first-order valence-electron chi connectivity index (χ1n) is 8.34. The number of pyridine rings is 1. The molecule has 144 valence electrons. The third-order valence-electron chi connectivity index (χ3n) is 3.97. The van der Waals surface area contributed by atoms with Gasteiger partial charge in [-0.25, -0.2) is 4.98 Å². The largest absolute Gasteiger partial charge is 0.482 e. The van der Waals surface area contributed by atoms with E-state index in [-0.39, 0.29) is 12.5 Å². The van der Waals surface area contributed by atoms with Gasteiger partial charge in [0.1, 0.15) is 11.6 Å². The van der Waals surface area contributed by atoms with Crippen LogP contribution in [0.4, 0.5) is 5.82 Å². The number of anilines is 1. The third kappa shape index (κ3) is 5.62. The van der Waals surface area contributed by atoms with Crippen molar-refractivity contribution in [3.05, 3.63) is 51.1 Å². The topological polar surface area (TPSA) is 63.7 Å². The number of carbonyl (C=O) groups is 1. The van der Waals surface area contributed by atoms with E-state index in [2.05, 4.69) is 15.2 Å². The molecule has 3 rings (SSSR count). The van der Waals surface area contributed by atoms with E-state index in [1.807, 2.05) is 12.1 Å². The molecule has 1 amide bonds. The summed E-state index contributed by atoms with van der Waals surface area (Å²) in [6.45, 7) is 3.25. The van der Waals surface area contributed by atoms with Gasteiger partial charge >= 0.3 is 0 Å². The minimum atomic E-state index is -0.283. The van der Waals surface area contributed by atoms with Gasteiger partial charge in [0.2, 0.25) is 0 Å². The van der Waals surface area contributed by atoms with Crippen molar-refractivity contribution in [2.75, 3.05) is 37.8 Å². The van der Waals surface area contributed by atoms with Gasteiger partial charge in [-0.1, -0.05) is 40.9 Å². The van der Waals surface area contributed by atoms with Crippen molar-refractivity contribution in [2.24, 2.45) is 0 Å². The minimum Gasteiger partial charge on any atom is -0.482 e. The summed E-state index contributed by atoms with van der Waals surface area (Å²) in [5, 5.41) is 3.70. The number of rotatable bonds is 6. The lowest BCUT2D eigenvalue weighted by molar-refractivity contribution is -0.123. The van der Waals surface area contributed by atoms with E-state index in [0.717, 1.165) is 24.5 Å². The van der Waals surface area contributed by atoms with Crippen LogP contribution in [0.25, 0.3) is 0 Å². The molecule has 0 atom stereocenters. The number of hydrogen-bond acceptors (Lipinski definition) is 5.